The van der Waals surface area contributed by atoms with Crippen molar-refractivity contribution in [2.45, 2.75) is 118 Å². The van der Waals surface area contributed by atoms with Crippen molar-refractivity contribution in [1.29, 1.82) is 0 Å². The van der Waals surface area contributed by atoms with Crippen molar-refractivity contribution in [2.75, 3.05) is 11.5 Å². The van der Waals surface area contributed by atoms with Gasteiger partial charge in [0.05, 0.1) is 5.56 Å². The summed E-state index contributed by atoms with van der Waals surface area (Å²) in [6, 6.07) is 5.03. The molecule has 4 nitrogen and oxygen atoms in total. The van der Waals surface area contributed by atoms with Gasteiger partial charge in [0.2, 0.25) is 0 Å². The van der Waals surface area contributed by atoms with Crippen LogP contribution in [-0.4, -0.2) is 12.1 Å². The van der Waals surface area contributed by atoms with Crippen LogP contribution in [0.2, 0.25) is 0 Å². The molecule has 4 heteroatoms. The van der Waals surface area contributed by atoms with Crippen molar-refractivity contribution in [3.05, 3.63) is 23.8 Å². The highest BCUT2D eigenvalue weighted by Crippen LogP contribution is 2.68. The van der Waals surface area contributed by atoms with Gasteiger partial charge in [-0.05, 0) is 128 Å². The lowest BCUT2D eigenvalue weighted by atomic mass is 9.44. The molecule has 0 aromatic heterocycles. The van der Waals surface area contributed by atoms with Crippen LogP contribution in [-0.2, 0) is 4.74 Å². The summed E-state index contributed by atoms with van der Waals surface area (Å²) in [7, 11) is 0. The smallest absolute Gasteiger partial charge is 0.338 e. The Kier molecular flexibility index (Phi) is 7.84. The molecule has 4 aliphatic carbocycles. The van der Waals surface area contributed by atoms with E-state index in [1.54, 1.807) is 18.2 Å². The highest BCUT2D eigenvalue weighted by molar-refractivity contribution is 5.91. The van der Waals surface area contributed by atoms with Gasteiger partial charge in [0.25, 0.3) is 0 Å². The third kappa shape index (κ3) is 5.10. The van der Waals surface area contributed by atoms with E-state index < -0.39 is 0 Å². The maximum Gasteiger partial charge on any atom is 0.338 e. The first-order chi connectivity index (χ1) is 18.0. The second-order valence-corrected chi connectivity index (χ2v) is 14.9. The minimum absolute atomic E-state index is 0.0104. The van der Waals surface area contributed by atoms with Gasteiger partial charge in [0.1, 0.15) is 6.10 Å². The molecule has 9 atom stereocenters. The fourth-order valence-corrected chi connectivity index (χ4v) is 10.4. The second-order valence-electron chi connectivity index (χ2n) is 14.9. The molecule has 38 heavy (non-hydrogen) atoms. The number of esters is 1. The fourth-order valence-electron chi connectivity index (χ4n) is 10.4. The molecule has 0 radical (unpaired) electrons. The number of benzene rings is 1. The molecule has 212 valence electrons. The van der Waals surface area contributed by atoms with Gasteiger partial charge in [-0.25, -0.2) is 4.79 Å². The number of hydrogen-bond acceptors (Lipinski definition) is 4. The van der Waals surface area contributed by atoms with Crippen LogP contribution in [0, 0.1) is 52.3 Å². The van der Waals surface area contributed by atoms with Crippen LogP contribution < -0.4 is 11.5 Å². The Hall–Kier alpha value is -1.71. The van der Waals surface area contributed by atoms with E-state index in [1.807, 2.05) is 0 Å². The van der Waals surface area contributed by atoms with Gasteiger partial charge in [0, 0.05) is 11.4 Å². The molecule has 5 rings (SSSR count). The largest absolute Gasteiger partial charge is 0.459 e. The molecule has 4 fully saturated rings. The zero-order valence-corrected chi connectivity index (χ0v) is 24.8. The Labute approximate surface area is 232 Å². The van der Waals surface area contributed by atoms with Crippen molar-refractivity contribution in [2.24, 2.45) is 52.3 Å². The summed E-state index contributed by atoms with van der Waals surface area (Å²) >= 11 is 0. The summed E-state index contributed by atoms with van der Waals surface area (Å²) < 4.78 is 6.04. The van der Waals surface area contributed by atoms with Crippen LogP contribution in [0.3, 0.4) is 0 Å². The highest BCUT2D eigenvalue weighted by Gasteiger charge is 2.60. The van der Waals surface area contributed by atoms with Gasteiger partial charge in [-0.2, -0.15) is 0 Å². The first-order valence-electron chi connectivity index (χ1n) is 15.9. The summed E-state index contributed by atoms with van der Waals surface area (Å²) in [6.07, 6.45) is 15.8. The molecule has 0 amide bonds. The molecule has 2 unspecified atom stereocenters. The SMILES string of the molecule is CC(C)CCC[C@@H](C)[C@H]1CC[C@H]2[C@@H]3CCC4CC(OC(=O)c5cc(N)cc(N)c5)CC[C@]4(C)[C@H]3CC[C@]12C. The van der Waals surface area contributed by atoms with Gasteiger partial charge in [-0.1, -0.05) is 53.9 Å². The topological polar surface area (TPSA) is 78.3 Å². The van der Waals surface area contributed by atoms with Gasteiger partial charge in [0.15, 0.2) is 0 Å². The average Bonchev–Trinajstić information content (AvgIpc) is 3.20. The zero-order chi connectivity index (χ0) is 27.2. The van der Waals surface area contributed by atoms with Gasteiger partial charge in [-0.15, -0.1) is 0 Å². The van der Waals surface area contributed by atoms with Crippen molar-refractivity contribution in [3.63, 3.8) is 0 Å². The van der Waals surface area contributed by atoms with E-state index in [4.69, 9.17) is 16.2 Å². The Morgan fingerprint density at radius 2 is 1.58 bits per heavy atom. The Balaban J connectivity index is 1.22. The predicted octanol–water partition coefficient (Wildman–Crippen LogP) is 8.50. The van der Waals surface area contributed by atoms with E-state index in [0.29, 0.717) is 33.7 Å². The van der Waals surface area contributed by atoms with Crippen LogP contribution in [0.4, 0.5) is 11.4 Å². The van der Waals surface area contributed by atoms with E-state index in [2.05, 4.69) is 34.6 Å². The first-order valence-corrected chi connectivity index (χ1v) is 15.9. The van der Waals surface area contributed by atoms with Crippen LogP contribution >= 0.6 is 0 Å². The minimum Gasteiger partial charge on any atom is -0.459 e. The summed E-state index contributed by atoms with van der Waals surface area (Å²) in [4.78, 5) is 12.9. The summed E-state index contributed by atoms with van der Waals surface area (Å²) in [5, 5.41) is 0. The Morgan fingerprint density at radius 3 is 2.29 bits per heavy atom. The molecule has 4 saturated carbocycles. The molecular weight excluding hydrogens is 468 g/mol. The minimum atomic E-state index is -0.278. The average molecular weight is 523 g/mol. The van der Waals surface area contributed by atoms with Crippen molar-refractivity contribution in [1.82, 2.24) is 0 Å². The zero-order valence-electron chi connectivity index (χ0n) is 24.8. The molecule has 4 aliphatic rings. The summed E-state index contributed by atoms with van der Waals surface area (Å²) in [5.41, 5.74) is 14.3. The maximum atomic E-state index is 12.9. The normalized spacial score (nSPS) is 39.2. The highest BCUT2D eigenvalue weighted by atomic mass is 16.5. The number of nitrogen functional groups attached to an aromatic ring is 2. The molecule has 4 N–H and O–H groups in total. The second kappa shape index (κ2) is 10.7. The maximum absolute atomic E-state index is 12.9. The molecule has 1 aromatic rings. The van der Waals surface area contributed by atoms with Crippen LogP contribution in [0.15, 0.2) is 18.2 Å². The van der Waals surface area contributed by atoms with E-state index >= 15 is 0 Å². The number of carbonyl (C=O) groups excluding carboxylic acids is 1. The third-order valence-corrected chi connectivity index (χ3v) is 12.3. The lowest BCUT2D eigenvalue weighted by Gasteiger charge is -2.61. The lowest BCUT2D eigenvalue weighted by molar-refractivity contribution is -0.130. The standard InChI is InChI=1S/C34H54N2O2/c1-21(2)7-6-8-22(3)29-11-12-30-28-10-9-24-19-27(38-32(37)23-17-25(35)20-26(36)18-23)13-15-33(24,4)31(28)14-16-34(29,30)5/h17-18,20-22,24,27-31H,6-16,19,35-36H2,1-5H3/t22-,24?,27?,28+,29-,30+,31+,33+,34-/m1/s1. The molecule has 0 bridgehead atoms. The van der Waals surface area contributed by atoms with Gasteiger partial charge >= 0.3 is 5.97 Å². The molecule has 0 spiro atoms. The summed E-state index contributed by atoms with van der Waals surface area (Å²) in [6.45, 7) is 12.6. The number of anilines is 2. The third-order valence-electron chi connectivity index (χ3n) is 12.3. The van der Waals surface area contributed by atoms with Gasteiger partial charge < -0.3 is 16.2 Å². The van der Waals surface area contributed by atoms with Crippen LogP contribution in [0.1, 0.15) is 122 Å². The van der Waals surface area contributed by atoms with Crippen molar-refractivity contribution < 1.29 is 9.53 Å². The number of ether oxygens (including phenoxy) is 1. The molecular formula is C34H54N2O2. The number of fused-ring (bicyclic) bond motifs is 5. The molecule has 1 aromatic carbocycles. The monoisotopic (exact) mass is 522 g/mol. The summed E-state index contributed by atoms with van der Waals surface area (Å²) in [5.74, 6) is 5.67. The Bertz CT molecular complexity index is 986. The molecule has 0 aliphatic heterocycles. The van der Waals surface area contributed by atoms with Crippen LogP contribution in [0.5, 0.6) is 0 Å². The fraction of sp³-hybridized carbons (Fsp3) is 0.794. The number of rotatable bonds is 7. The predicted molar refractivity (Wildman–Crippen MR) is 158 cm³/mol. The van der Waals surface area contributed by atoms with E-state index in [0.717, 1.165) is 48.3 Å². The lowest BCUT2D eigenvalue weighted by Crippen LogP contribution is -2.54. The number of hydrogen-bond donors (Lipinski definition) is 2. The number of nitrogens with two attached hydrogens (primary N) is 2. The van der Waals surface area contributed by atoms with Crippen molar-refractivity contribution >= 4 is 17.3 Å². The van der Waals surface area contributed by atoms with Gasteiger partial charge in [-0.3, -0.25) is 0 Å². The Morgan fingerprint density at radius 1 is 0.895 bits per heavy atom. The molecule has 0 heterocycles. The number of carbonyl (C=O) groups is 1. The van der Waals surface area contributed by atoms with Crippen molar-refractivity contribution in [3.8, 4) is 0 Å². The van der Waals surface area contributed by atoms with E-state index in [1.165, 1.54) is 64.2 Å². The van der Waals surface area contributed by atoms with E-state index in [9.17, 15) is 4.79 Å². The van der Waals surface area contributed by atoms with Crippen LogP contribution in [0.25, 0.3) is 0 Å². The molecule has 0 saturated heterocycles. The quantitative estimate of drug-likeness (QED) is 0.278. The first kappa shape index (κ1) is 27.8. The van der Waals surface area contributed by atoms with E-state index in [-0.39, 0.29) is 12.1 Å².